The van der Waals surface area contributed by atoms with Crippen molar-refractivity contribution in [3.8, 4) is 0 Å². The first-order chi connectivity index (χ1) is 13.7. The molecule has 0 aromatic heterocycles. The van der Waals surface area contributed by atoms with Crippen molar-refractivity contribution in [1.82, 2.24) is 0 Å². The van der Waals surface area contributed by atoms with Crippen LogP contribution >= 0.6 is 0 Å². The van der Waals surface area contributed by atoms with Crippen molar-refractivity contribution in [2.75, 3.05) is 11.4 Å². The number of aliphatic carboxylic acids is 1. The van der Waals surface area contributed by atoms with Crippen LogP contribution in [0.25, 0.3) is 0 Å². The number of carboxylic acid groups (broad SMARTS) is 1. The molecule has 1 fully saturated rings. The summed E-state index contributed by atoms with van der Waals surface area (Å²) in [7, 11) is 0. The molecule has 2 unspecified atom stereocenters. The van der Waals surface area contributed by atoms with Gasteiger partial charge in [-0.3, -0.25) is 4.79 Å². The third kappa shape index (κ3) is 4.92. The van der Waals surface area contributed by atoms with Crippen molar-refractivity contribution in [2.24, 2.45) is 5.92 Å². The Morgan fingerprint density at radius 1 is 1.10 bits per heavy atom. The van der Waals surface area contributed by atoms with Crippen LogP contribution in [0.1, 0.15) is 61.8 Å². The van der Waals surface area contributed by atoms with Crippen LogP contribution in [0.2, 0.25) is 0 Å². The Morgan fingerprint density at radius 3 is 2.24 bits per heavy atom. The Kier molecular flexibility index (Phi) is 6.20. The van der Waals surface area contributed by atoms with Crippen molar-refractivity contribution in [1.29, 1.82) is 0 Å². The van der Waals surface area contributed by atoms with Gasteiger partial charge in [0.2, 0.25) is 0 Å². The Hall–Kier alpha value is -2.50. The van der Waals surface area contributed by atoms with Crippen LogP contribution in [0.4, 0.5) is 18.9 Å². The van der Waals surface area contributed by atoms with Crippen LogP contribution in [0.15, 0.2) is 48.5 Å². The molecule has 0 saturated carbocycles. The number of piperidine rings is 1. The summed E-state index contributed by atoms with van der Waals surface area (Å²) in [5.74, 6) is -0.650. The number of nitrogens with zero attached hydrogens (tertiary/aromatic N) is 1. The van der Waals surface area contributed by atoms with E-state index in [-0.39, 0.29) is 18.4 Å². The van der Waals surface area contributed by atoms with Gasteiger partial charge in [-0.1, -0.05) is 38.1 Å². The van der Waals surface area contributed by atoms with E-state index in [1.165, 1.54) is 17.7 Å². The van der Waals surface area contributed by atoms with Gasteiger partial charge in [-0.25, -0.2) is 0 Å². The number of carboxylic acids is 1. The highest BCUT2D eigenvalue weighted by atomic mass is 19.4. The second-order valence-corrected chi connectivity index (χ2v) is 8.00. The standard InChI is InChI=1S/C23H26F3NO2/c1-15(2)16-7-11-20(12-8-16)27-13-3-4-18(14-21(28)29)22(27)17-5-9-19(10-6-17)23(24,25)26/h5-12,15,18,22H,3-4,13-14H2,1-2H3,(H,28,29). The van der Waals surface area contributed by atoms with E-state index in [0.717, 1.165) is 42.8 Å². The van der Waals surface area contributed by atoms with Crippen LogP contribution in [-0.2, 0) is 11.0 Å². The maximum absolute atomic E-state index is 13.0. The van der Waals surface area contributed by atoms with Crippen LogP contribution in [0.5, 0.6) is 0 Å². The van der Waals surface area contributed by atoms with Gasteiger partial charge in [0.05, 0.1) is 18.0 Å². The SMILES string of the molecule is CC(C)c1ccc(N2CCCC(CC(=O)O)C2c2ccc(C(F)(F)F)cc2)cc1. The first-order valence-corrected chi connectivity index (χ1v) is 9.92. The summed E-state index contributed by atoms with van der Waals surface area (Å²) in [5, 5.41) is 9.37. The summed E-state index contributed by atoms with van der Waals surface area (Å²) >= 11 is 0. The molecule has 156 valence electrons. The molecule has 1 aliphatic heterocycles. The molecule has 2 aromatic carbocycles. The fourth-order valence-corrected chi connectivity index (χ4v) is 4.18. The lowest BCUT2D eigenvalue weighted by Gasteiger charge is -2.43. The monoisotopic (exact) mass is 405 g/mol. The van der Waals surface area contributed by atoms with Gasteiger partial charge in [0, 0.05) is 12.2 Å². The molecule has 3 nitrogen and oxygen atoms in total. The minimum Gasteiger partial charge on any atom is -0.481 e. The Morgan fingerprint density at radius 2 is 1.72 bits per heavy atom. The first kappa shape index (κ1) is 21.2. The highest BCUT2D eigenvalue weighted by molar-refractivity contribution is 5.67. The Bertz CT molecular complexity index is 829. The van der Waals surface area contributed by atoms with E-state index in [1.807, 2.05) is 12.1 Å². The van der Waals surface area contributed by atoms with Crippen molar-refractivity contribution >= 4 is 11.7 Å². The molecule has 0 bridgehead atoms. The van der Waals surface area contributed by atoms with Gasteiger partial charge >= 0.3 is 12.1 Å². The predicted octanol–water partition coefficient (Wildman–Crippen LogP) is 6.26. The molecule has 0 amide bonds. The molecule has 2 aromatic rings. The summed E-state index contributed by atoms with van der Waals surface area (Å²) in [6.45, 7) is 4.97. The van der Waals surface area contributed by atoms with Gasteiger partial charge in [0.1, 0.15) is 0 Å². The average Bonchev–Trinajstić information content (AvgIpc) is 2.67. The number of rotatable bonds is 5. The van der Waals surface area contributed by atoms with Crippen LogP contribution in [0.3, 0.4) is 0 Å². The third-order valence-corrected chi connectivity index (χ3v) is 5.66. The lowest BCUT2D eigenvalue weighted by atomic mass is 9.82. The molecule has 1 saturated heterocycles. The number of hydrogen-bond acceptors (Lipinski definition) is 2. The van der Waals surface area contributed by atoms with Gasteiger partial charge < -0.3 is 10.0 Å². The average molecular weight is 405 g/mol. The first-order valence-electron chi connectivity index (χ1n) is 9.92. The van der Waals surface area contributed by atoms with E-state index in [2.05, 4.69) is 30.9 Å². The number of anilines is 1. The van der Waals surface area contributed by atoms with E-state index in [1.54, 1.807) is 0 Å². The number of halogens is 3. The van der Waals surface area contributed by atoms with Crippen LogP contribution < -0.4 is 4.90 Å². The highest BCUT2D eigenvalue weighted by Gasteiger charge is 2.35. The van der Waals surface area contributed by atoms with Gasteiger partial charge in [-0.2, -0.15) is 13.2 Å². The van der Waals surface area contributed by atoms with Crippen molar-refractivity contribution in [3.05, 3.63) is 65.2 Å². The summed E-state index contributed by atoms with van der Waals surface area (Å²) < 4.78 is 38.9. The molecule has 0 radical (unpaired) electrons. The summed E-state index contributed by atoms with van der Waals surface area (Å²) in [5.41, 5.74) is 2.20. The van der Waals surface area contributed by atoms with Gasteiger partial charge in [0.15, 0.2) is 0 Å². The smallest absolute Gasteiger partial charge is 0.416 e. The second kappa shape index (κ2) is 8.47. The quantitative estimate of drug-likeness (QED) is 0.638. The van der Waals surface area contributed by atoms with E-state index in [9.17, 15) is 23.1 Å². The number of carbonyl (C=O) groups is 1. The fourth-order valence-electron chi connectivity index (χ4n) is 4.18. The summed E-state index contributed by atoms with van der Waals surface area (Å²) in [4.78, 5) is 13.6. The van der Waals surface area contributed by atoms with Crippen molar-refractivity contribution < 1.29 is 23.1 Å². The van der Waals surface area contributed by atoms with Gasteiger partial charge in [0.25, 0.3) is 0 Å². The molecule has 1 N–H and O–H groups in total. The Balaban J connectivity index is 1.98. The largest absolute Gasteiger partial charge is 0.481 e. The predicted molar refractivity (Wildman–Crippen MR) is 107 cm³/mol. The van der Waals surface area contributed by atoms with Crippen molar-refractivity contribution in [2.45, 2.75) is 51.2 Å². The van der Waals surface area contributed by atoms with Crippen LogP contribution in [0, 0.1) is 5.92 Å². The molecule has 6 heteroatoms. The zero-order chi connectivity index (χ0) is 21.2. The number of alkyl halides is 3. The number of hydrogen-bond donors (Lipinski definition) is 1. The lowest BCUT2D eigenvalue weighted by Crippen LogP contribution is -2.40. The Labute approximate surface area is 169 Å². The van der Waals surface area contributed by atoms with E-state index in [4.69, 9.17) is 0 Å². The molecule has 2 atom stereocenters. The van der Waals surface area contributed by atoms with E-state index >= 15 is 0 Å². The summed E-state index contributed by atoms with van der Waals surface area (Å²) in [6, 6.07) is 13.0. The minimum absolute atomic E-state index is 0.00767. The van der Waals surface area contributed by atoms with Crippen LogP contribution in [-0.4, -0.2) is 17.6 Å². The molecule has 0 spiro atoms. The topological polar surface area (TPSA) is 40.5 Å². The zero-order valence-electron chi connectivity index (χ0n) is 16.6. The van der Waals surface area contributed by atoms with E-state index < -0.39 is 17.7 Å². The fraction of sp³-hybridized carbons (Fsp3) is 0.435. The molecule has 1 heterocycles. The molecule has 29 heavy (non-hydrogen) atoms. The molecular formula is C23H26F3NO2. The maximum atomic E-state index is 13.0. The van der Waals surface area contributed by atoms with Gasteiger partial charge in [-0.05, 0) is 60.1 Å². The third-order valence-electron chi connectivity index (χ3n) is 5.66. The van der Waals surface area contributed by atoms with Gasteiger partial charge in [-0.15, -0.1) is 0 Å². The second-order valence-electron chi connectivity index (χ2n) is 8.00. The molecule has 1 aliphatic rings. The normalized spacial score (nSPS) is 20.1. The zero-order valence-corrected chi connectivity index (χ0v) is 16.6. The maximum Gasteiger partial charge on any atom is 0.416 e. The number of benzene rings is 2. The molecular weight excluding hydrogens is 379 g/mol. The summed E-state index contributed by atoms with van der Waals surface area (Å²) in [6.07, 6.45) is -2.82. The van der Waals surface area contributed by atoms with Crippen molar-refractivity contribution in [3.63, 3.8) is 0 Å². The molecule has 0 aliphatic carbocycles. The lowest BCUT2D eigenvalue weighted by molar-refractivity contribution is -0.138. The highest BCUT2D eigenvalue weighted by Crippen LogP contribution is 2.42. The minimum atomic E-state index is -4.39. The van der Waals surface area contributed by atoms with E-state index in [0.29, 0.717) is 5.92 Å². The molecule has 3 rings (SSSR count).